The zero-order valence-corrected chi connectivity index (χ0v) is 12.5. The van der Waals surface area contributed by atoms with Gasteiger partial charge in [0.1, 0.15) is 11.6 Å². The molecule has 0 aromatic carbocycles. The molecule has 1 aliphatic heterocycles. The fourth-order valence-electron chi connectivity index (χ4n) is 3.24. The van der Waals surface area contributed by atoms with Crippen LogP contribution in [0, 0.1) is 0 Å². The number of aryl methyl sites for hydroxylation is 1. The van der Waals surface area contributed by atoms with E-state index in [0.29, 0.717) is 5.92 Å². The van der Waals surface area contributed by atoms with Gasteiger partial charge in [-0.1, -0.05) is 6.42 Å². The third kappa shape index (κ3) is 2.95. The molecule has 0 bridgehead atoms. The molecule has 3 rings (SSSR count). The Balaban J connectivity index is 1.94. The zero-order chi connectivity index (χ0) is 13.8. The van der Waals surface area contributed by atoms with Crippen molar-refractivity contribution >= 4 is 5.82 Å². The summed E-state index contributed by atoms with van der Waals surface area (Å²) in [4.78, 5) is 9.80. The van der Waals surface area contributed by atoms with Crippen molar-refractivity contribution in [3.63, 3.8) is 0 Å². The Morgan fingerprint density at radius 1 is 1.10 bits per heavy atom. The van der Waals surface area contributed by atoms with Crippen molar-refractivity contribution in [2.45, 2.75) is 57.8 Å². The van der Waals surface area contributed by atoms with E-state index in [2.05, 4.69) is 12.2 Å². The maximum atomic E-state index is 5.46. The van der Waals surface area contributed by atoms with E-state index in [1.54, 1.807) is 0 Å². The molecule has 2 heterocycles. The smallest absolute Gasteiger partial charge is 0.134 e. The van der Waals surface area contributed by atoms with Crippen LogP contribution in [0.1, 0.15) is 62.0 Å². The highest BCUT2D eigenvalue weighted by molar-refractivity contribution is 5.47. The topological polar surface area (TPSA) is 47.0 Å². The molecular formula is C16H25N3O. The number of nitrogens with one attached hydrogen (secondary N) is 1. The second kappa shape index (κ2) is 6.53. The number of fused-ring (bicyclic) bond motifs is 1. The van der Waals surface area contributed by atoms with Gasteiger partial charge in [0.2, 0.25) is 0 Å². The zero-order valence-electron chi connectivity index (χ0n) is 12.5. The summed E-state index contributed by atoms with van der Waals surface area (Å²) in [7, 11) is 0. The van der Waals surface area contributed by atoms with E-state index in [0.717, 1.165) is 57.1 Å². The van der Waals surface area contributed by atoms with Crippen molar-refractivity contribution in [3.8, 4) is 0 Å². The average Bonchev–Trinajstić information content (AvgIpc) is 2.74. The first-order chi connectivity index (χ1) is 9.88. The number of ether oxygens (including phenoxy) is 1. The van der Waals surface area contributed by atoms with Crippen LogP contribution in [0.2, 0.25) is 0 Å². The molecule has 110 valence electrons. The second-order valence-corrected chi connectivity index (χ2v) is 5.83. The first kappa shape index (κ1) is 13.8. The van der Waals surface area contributed by atoms with E-state index in [4.69, 9.17) is 14.7 Å². The van der Waals surface area contributed by atoms with Crippen molar-refractivity contribution in [1.82, 2.24) is 9.97 Å². The lowest BCUT2D eigenvalue weighted by Gasteiger charge is -2.23. The molecule has 0 atom stereocenters. The highest BCUT2D eigenvalue weighted by Gasteiger charge is 2.23. The largest absolute Gasteiger partial charge is 0.381 e. The number of hydrogen-bond acceptors (Lipinski definition) is 4. The van der Waals surface area contributed by atoms with Gasteiger partial charge in [0, 0.05) is 36.9 Å². The minimum Gasteiger partial charge on any atom is -0.381 e. The van der Waals surface area contributed by atoms with Gasteiger partial charge in [-0.15, -0.1) is 0 Å². The minimum absolute atomic E-state index is 0.481. The number of anilines is 1. The number of rotatable bonds is 3. The standard InChI is InChI=1S/C16H25N3O/c1-2-17-16-13-6-4-3-5-7-14(13)18-15(19-16)12-8-10-20-11-9-12/h12H,2-11H2,1H3,(H,17,18,19). The lowest BCUT2D eigenvalue weighted by Crippen LogP contribution is -2.19. The van der Waals surface area contributed by atoms with E-state index < -0.39 is 0 Å². The Morgan fingerprint density at radius 2 is 1.90 bits per heavy atom. The first-order valence-corrected chi connectivity index (χ1v) is 8.09. The predicted octanol–water partition coefficient (Wildman–Crippen LogP) is 3.07. The van der Waals surface area contributed by atoms with Crippen LogP contribution in [0.15, 0.2) is 0 Å². The van der Waals surface area contributed by atoms with Crippen LogP contribution < -0.4 is 5.32 Å². The molecule has 1 aliphatic carbocycles. The monoisotopic (exact) mass is 275 g/mol. The molecule has 20 heavy (non-hydrogen) atoms. The van der Waals surface area contributed by atoms with Gasteiger partial charge in [-0.05, 0) is 45.4 Å². The summed E-state index contributed by atoms with van der Waals surface area (Å²) in [5.41, 5.74) is 2.68. The van der Waals surface area contributed by atoms with Crippen molar-refractivity contribution in [3.05, 3.63) is 17.1 Å². The van der Waals surface area contributed by atoms with Crippen molar-refractivity contribution < 1.29 is 4.74 Å². The molecule has 4 heteroatoms. The van der Waals surface area contributed by atoms with E-state index in [1.807, 2.05) is 0 Å². The molecule has 1 saturated heterocycles. The highest BCUT2D eigenvalue weighted by Crippen LogP contribution is 2.30. The van der Waals surface area contributed by atoms with E-state index in [9.17, 15) is 0 Å². The Labute approximate surface area is 121 Å². The SMILES string of the molecule is CCNc1nc(C2CCOCC2)nc2c1CCCCC2. The number of hydrogen-bond donors (Lipinski definition) is 1. The molecule has 1 aromatic rings. The molecule has 1 fully saturated rings. The van der Waals surface area contributed by atoms with Crippen LogP contribution in [0.5, 0.6) is 0 Å². The number of aromatic nitrogens is 2. The van der Waals surface area contributed by atoms with Gasteiger partial charge in [0.05, 0.1) is 0 Å². The normalized spacial score (nSPS) is 20.2. The average molecular weight is 275 g/mol. The van der Waals surface area contributed by atoms with E-state index in [-0.39, 0.29) is 0 Å². The maximum absolute atomic E-state index is 5.46. The van der Waals surface area contributed by atoms with Gasteiger partial charge in [-0.3, -0.25) is 0 Å². The van der Waals surface area contributed by atoms with Crippen molar-refractivity contribution in [2.75, 3.05) is 25.1 Å². The molecule has 0 spiro atoms. The van der Waals surface area contributed by atoms with Crippen LogP contribution in [0.3, 0.4) is 0 Å². The van der Waals surface area contributed by atoms with E-state index in [1.165, 1.54) is 30.5 Å². The van der Waals surface area contributed by atoms with Crippen LogP contribution in [0.25, 0.3) is 0 Å². The third-order valence-corrected chi connectivity index (χ3v) is 4.38. The van der Waals surface area contributed by atoms with Gasteiger partial charge in [0.25, 0.3) is 0 Å². The van der Waals surface area contributed by atoms with Crippen molar-refractivity contribution in [1.29, 1.82) is 0 Å². The Kier molecular flexibility index (Phi) is 4.51. The summed E-state index contributed by atoms with van der Waals surface area (Å²) >= 11 is 0. The van der Waals surface area contributed by atoms with Gasteiger partial charge in [0.15, 0.2) is 0 Å². The Hall–Kier alpha value is -1.16. The van der Waals surface area contributed by atoms with Crippen LogP contribution in [-0.2, 0) is 17.6 Å². The molecule has 1 aromatic heterocycles. The second-order valence-electron chi connectivity index (χ2n) is 5.83. The fourth-order valence-corrected chi connectivity index (χ4v) is 3.24. The van der Waals surface area contributed by atoms with Crippen LogP contribution in [0.4, 0.5) is 5.82 Å². The van der Waals surface area contributed by atoms with Crippen LogP contribution in [-0.4, -0.2) is 29.7 Å². The molecule has 0 unspecified atom stereocenters. The molecule has 0 amide bonds. The molecular weight excluding hydrogens is 250 g/mol. The summed E-state index contributed by atoms with van der Waals surface area (Å²) in [6, 6.07) is 0. The first-order valence-electron chi connectivity index (χ1n) is 8.09. The van der Waals surface area contributed by atoms with Gasteiger partial charge in [-0.2, -0.15) is 0 Å². The van der Waals surface area contributed by atoms with Crippen LogP contribution >= 0.6 is 0 Å². The van der Waals surface area contributed by atoms with Gasteiger partial charge >= 0.3 is 0 Å². The van der Waals surface area contributed by atoms with Gasteiger partial charge < -0.3 is 10.1 Å². The lowest BCUT2D eigenvalue weighted by atomic mass is 9.98. The molecule has 2 aliphatic rings. The predicted molar refractivity (Wildman–Crippen MR) is 80.2 cm³/mol. The van der Waals surface area contributed by atoms with Gasteiger partial charge in [-0.25, -0.2) is 9.97 Å². The summed E-state index contributed by atoms with van der Waals surface area (Å²) in [5.74, 6) is 2.63. The molecule has 0 radical (unpaired) electrons. The summed E-state index contributed by atoms with van der Waals surface area (Å²) in [6.45, 7) is 4.76. The maximum Gasteiger partial charge on any atom is 0.134 e. The summed E-state index contributed by atoms with van der Waals surface area (Å²) in [5, 5.41) is 3.46. The fraction of sp³-hybridized carbons (Fsp3) is 0.750. The molecule has 4 nitrogen and oxygen atoms in total. The minimum atomic E-state index is 0.481. The quantitative estimate of drug-likeness (QED) is 0.861. The van der Waals surface area contributed by atoms with E-state index >= 15 is 0 Å². The number of nitrogens with zero attached hydrogens (tertiary/aromatic N) is 2. The Bertz CT molecular complexity index is 455. The Morgan fingerprint density at radius 3 is 2.70 bits per heavy atom. The third-order valence-electron chi connectivity index (χ3n) is 4.38. The summed E-state index contributed by atoms with van der Waals surface area (Å²) < 4.78 is 5.46. The lowest BCUT2D eigenvalue weighted by molar-refractivity contribution is 0.0835. The highest BCUT2D eigenvalue weighted by atomic mass is 16.5. The van der Waals surface area contributed by atoms with Crippen molar-refractivity contribution in [2.24, 2.45) is 0 Å². The summed E-state index contributed by atoms with van der Waals surface area (Å²) in [6.07, 6.45) is 8.22. The molecule has 1 N–H and O–H groups in total. The molecule has 0 saturated carbocycles.